The number of para-hydroxylation sites is 1. The number of esters is 1. The first-order valence-electron chi connectivity index (χ1n) is 9.44. The van der Waals surface area contributed by atoms with Gasteiger partial charge in [0, 0.05) is 41.3 Å². The Balaban J connectivity index is 1.77. The van der Waals surface area contributed by atoms with Gasteiger partial charge in [0.25, 0.3) is 0 Å². The number of ether oxygens (including phenoxy) is 2. The fourth-order valence-electron chi connectivity index (χ4n) is 3.97. The van der Waals surface area contributed by atoms with Gasteiger partial charge in [0.15, 0.2) is 0 Å². The number of hydrogen-bond donors (Lipinski definition) is 1. The van der Waals surface area contributed by atoms with E-state index in [-0.39, 0.29) is 11.7 Å². The lowest BCUT2D eigenvalue weighted by Gasteiger charge is -2.43. The molecule has 1 unspecified atom stereocenters. The molecule has 7 nitrogen and oxygen atoms in total. The van der Waals surface area contributed by atoms with Gasteiger partial charge in [-0.15, -0.1) is 0 Å². The van der Waals surface area contributed by atoms with Crippen molar-refractivity contribution in [3.8, 4) is 0 Å². The van der Waals surface area contributed by atoms with Crippen molar-refractivity contribution in [2.45, 2.75) is 38.8 Å². The third-order valence-corrected chi connectivity index (χ3v) is 5.12. The van der Waals surface area contributed by atoms with E-state index in [9.17, 15) is 9.59 Å². The largest absolute Gasteiger partial charge is 0.464 e. The predicted molar refractivity (Wildman–Crippen MR) is 104 cm³/mol. The first-order valence-corrected chi connectivity index (χ1v) is 9.44. The number of aromatic amines is 1. The topological polar surface area (TPSA) is 74.9 Å². The van der Waals surface area contributed by atoms with Gasteiger partial charge >= 0.3 is 12.1 Å². The van der Waals surface area contributed by atoms with E-state index >= 15 is 0 Å². The van der Waals surface area contributed by atoms with Gasteiger partial charge in [-0.2, -0.15) is 0 Å². The van der Waals surface area contributed by atoms with E-state index in [1.165, 1.54) is 23.3 Å². The summed E-state index contributed by atoms with van der Waals surface area (Å²) in [4.78, 5) is 32.2. The molecule has 0 aliphatic carbocycles. The normalized spacial score (nSPS) is 19.0. The molecule has 148 valence electrons. The van der Waals surface area contributed by atoms with Crippen LogP contribution in [0.15, 0.2) is 36.2 Å². The number of hydrogen-bond acceptors (Lipinski definition) is 5. The number of fused-ring (bicyclic) bond motifs is 5. The van der Waals surface area contributed by atoms with E-state index in [0.717, 1.165) is 23.9 Å². The molecule has 0 radical (unpaired) electrons. The number of methoxy groups -OCH3 is 1. The minimum absolute atomic E-state index is 0.0548. The summed E-state index contributed by atoms with van der Waals surface area (Å²) in [6.45, 7) is 6.50. The summed E-state index contributed by atoms with van der Waals surface area (Å²) in [5.41, 5.74) is 2.99. The quantitative estimate of drug-likeness (QED) is 0.765. The minimum Gasteiger partial charge on any atom is -0.464 e. The van der Waals surface area contributed by atoms with Crippen molar-refractivity contribution >= 4 is 23.0 Å². The number of nitrogens with one attached hydrogen (secondary N) is 1. The third-order valence-electron chi connectivity index (χ3n) is 5.12. The van der Waals surface area contributed by atoms with Crippen molar-refractivity contribution < 1.29 is 19.1 Å². The lowest BCUT2D eigenvalue weighted by atomic mass is 9.94. The van der Waals surface area contributed by atoms with Crippen LogP contribution in [0.3, 0.4) is 0 Å². The van der Waals surface area contributed by atoms with Gasteiger partial charge < -0.3 is 19.4 Å². The van der Waals surface area contributed by atoms with Crippen LogP contribution in [-0.2, 0) is 20.7 Å². The van der Waals surface area contributed by atoms with Crippen LogP contribution in [0.2, 0.25) is 0 Å². The Labute approximate surface area is 163 Å². The van der Waals surface area contributed by atoms with Crippen LogP contribution in [0.1, 0.15) is 38.1 Å². The number of benzene rings is 1. The van der Waals surface area contributed by atoms with Crippen molar-refractivity contribution in [2.75, 3.05) is 20.2 Å². The summed E-state index contributed by atoms with van der Waals surface area (Å²) >= 11 is 0. The van der Waals surface area contributed by atoms with E-state index in [1.54, 1.807) is 27.0 Å². The molecule has 28 heavy (non-hydrogen) atoms. The fraction of sp³-hybridized carbons (Fsp3) is 0.429. The maximum Gasteiger partial charge on any atom is 0.415 e. The summed E-state index contributed by atoms with van der Waals surface area (Å²) in [7, 11) is 1.32. The van der Waals surface area contributed by atoms with Crippen LogP contribution in [0.4, 0.5) is 4.79 Å². The van der Waals surface area contributed by atoms with Gasteiger partial charge in [0.05, 0.1) is 19.7 Å². The van der Waals surface area contributed by atoms with Crippen LogP contribution in [-0.4, -0.2) is 52.6 Å². The molecule has 1 atom stereocenters. The zero-order chi connectivity index (χ0) is 20.1. The second-order valence-electron chi connectivity index (χ2n) is 8.16. The van der Waals surface area contributed by atoms with Crippen LogP contribution in [0.5, 0.6) is 0 Å². The van der Waals surface area contributed by atoms with Gasteiger partial charge in [-0.25, -0.2) is 9.59 Å². The molecule has 0 spiro atoms. The Kier molecular flexibility index (Phi) is 4.33. The smallest absolute Gasteiger partial charge is 0.415 e. The van der Waals surface area contributed by atoms with Crippen molar-refractivity contribution in [2.24, 2.45) is 0 Å². The maximum atomic E-state index is 12.9. The molecule has 7 heteroatoms. The van der Waals surface area contributed by atoms with E-state index in [4.69, 9.17) is 9.47 Å². The van der Waals surface area contributed by atoms with E-state index in [1.807, 2.05) is 12.1 Å². The summed E-state index contributed by atoms with van der Waals surface area (Å²) in [6.07, 6.45) is 2.03. The highest BCUT2D eigenvalue weighted by Crippen LogP contribution is 2.39. The molecule has 0 saturated heterocycles. The summed E-state index contributed by atoms with van der Waals surface area (Å²) in [5.74, 6) is -0.547. The highest BCUT2D eigenvalue weighted by atomic mass is 16.6. The summed E-state index contributed by atoms with van der Waals surface area (Å²) in [6, 6.07) is 8.11. The molecule has 0 saturated carbocycles. The van der Waals surface area contributed by atoms with Crippen LogP contribution in [0.25, 0.3) is 10.9 Å². The molecule has 2 aliphatic rings. The molecule has 3 heterocycles. The first kappa shape index (κ1) is 18.4. The Morgan fingerprint density at radius 1 is 1.21 bits per heavy atom. The van der Waals surface area contributed by atoms with Crippen molar-refractivity contribution in [3.05, 3.63) is 47.4 Å². The number of amides is 1. The summed E-state index contributed by atoms with van der Waals surface area (Å²) in [5, 5.41) is 1.14. The lowest BCUT2D eigenvalue weighted by Crippen LogP contribution is -2.49. The zero-order valence-electron chi connectivity index (χ0n) is 16.6. The number of carbonyl (C=O) groups excluding carboxylic acids is 2. The van der Waals surface area contributed by atoms with E-state index < -0.39 is 17.7 Å². The van der Waals surface area contributed by atoms with Crippen LogP contribution >= 0.6 is 0 Å². The average Bonchev–Trinajstić information content (AvgIpc) is 3.04. The molecule has 0 fully saturated rings. The number of carbonyl (C=O) groups is 2. The van der Waals surface area contributed by atoms with Crippen molar-refractivity contribution in [3.63, 3.8) is 0 Å². The Bertz CT molecular complexity index is 970. The monoisotopic (exact) mass is 383 g/mol. The molecule has 0 bridgehead atoms. The second-order valence-corrected chi connectivity index (χ2v) is 8.16. The van der Waals surface area contributed by atoms with E-state index in [0.29, 0.717) is 6.54 Å². The maximum absolute atomic E-state index is 12.9. The lowest BCUT2D eigenvalue weighted by molar-refractivity contribution is -0.138. The molecule has 2 aliphatic heterocycles. The Hall–Kier alpha value is -2.96. The second kappa shape index (κ2) is 6.58. The highest BCUT2D eigenvalue weighted by Gasteiger charge is 2.40. The number of nitrogens with zero attached hydrogens (tertiary/aromatic N) is 2. The van der Waals surface area contributed by atoms with Gasteiger partial charge in [-0.1, -0.05) is 18.2 Å². The zero-order valence-corrected chi connectivity index (χ0v) is 16.6. The SMILES string of the molecule is COC(=O)C1=CN2CCc3[nH]c4ccccc4c3C2CN1C(=O)OC(C)(C)C. The highest BCUT2D eigenvalue weighted by molar-refractivity contribution is 5.93. The van der Waals surface area contributed by atoms with Gasteiger partial charge in [-0.05, 0) is 26.8 Å². The molecule has 2 aromatic rings. The van der Waals surface area contributed by atoms with Gasteiger partial charge in [0.2, 0.25) is 0 Å². The minimum atomic E-state index is -0.659. The average molecular weight is 383 g/mol. The summed E-state index contributed by atoms with van der Waals surface area (Å²) < 4.78 is 10.5. The Morgan fingerprint density at radius 2 is 1.96 bits per heavy atom. The number of rotatable bonds is 1. The van der Waals surface area contributed by atoms with Crippen LogP contribution < -0.4 is 0 Å². The molecular formula is C21H25N3O4. The van der Waals surface area contributed by atoms with Crippen molar-refractivity contribution in [1.29, 1.82) is 0 Å². The molecule has 1 N–H and O–H groups in total. The van der Waals surface area contributed by atoms with Gasteiger partial charge in [0.1, 0.15) is 11.3 Å². The fourth-order valence-corrected chi connectivity index (χ4v) is 3.97. The number of H-pyrrole nitrogens is 1. The van der Waals surface area contributed by atoms with E-state index in [2.05, 4.69) is 22.0 Å². The number of aromatic nitrogens is 1. The first-order chi connectivity index (χ1) is 13.3. The molecular weight excluding hydrogens is 358 g/mol. The Morgan fingerprint density at radius 3 is 2.68 bits per heavy atom. The molecule has 1 aromatic heterocycles. The van der Waals surface area contributed by atoms with Crippen LogP contribution in [0, 0.1) is 0 Å². The molecule has 1 amide bonds. The van der Waals surface area contributed by atoms with Gasteiger partial charge in [-0.3, -0.25) is 4.90 Å². The van der Waals surface area contributed by atoms with Crippen molar-refractivity contribution in [1.82, 2.24) is 14.8 Å². The molecule has 4 rings (SSSR count). The molecule has 1 aromatic carbocycles. The standard InChI is InChI=1S/C21H25N3O4/c1-21(2,3)28-20(26)24-12-16-18-13-7-5-6-8-14(13)22-15(18)9-10-23(16)11-17(24)19(25)27-4/h5-8,11,16,22H,9-10,12H2,1-4H3. The predicted octanol–water partition coefficient (Wildman–Crippen LogP) is 3.33. The third kappa shape index (κ3) is 3.10.